The van der Waals surface area contributed by atoms with Gasteiger partial charge in [0.2, 0.25) is 5.91 Å². The molecule has 112 valence electrons. The molecule has 1 aromatic carbocycles. The van der Waals surface area contributed by atoms with E-state index in [0.29, 0.717) is 23.7 Å². The van der Waals surface area contributed by atoms with Crippen molar-refractivity contribution in [2.75, 3.05) is 11.9 Å². The molecular weight excluding hydrogens is 301 g/mol. The molecule has 1 amide bonds. The molecule has 0 aliphatic heterocycles. The Kier molecular flexibility index (Phi) is 8.26. The minimum Gasteiger partial charge on any atom is -0.466 e. The van der Waals surface area contributed by atoms with Gasteiger partial charge >= 0.3 is 5.97 Å². The fourth-order valence-corrected chi connectivity index (χ4v) is 2.06. The zero-order chi connectivity index (χ0) is 14.4. The Bertz CT molecular complexity index is 477. The van der Waals surface area contributed by atoms with E-state index < -0.39 is 0 Å². The molecule has 0 spiro atoms. The van der Waals surface area contributed by atoms with Crippen LogP contribution in [0.2, 0.25) is 5.02 Å². The molecule has 0 radical (unpaired) electrons. The Morgan fingerprint density at radius 2 is 2.00 bits per heavy atom. The zero-order valence-corrected chi connectivity index (χ0v) is 13.3. The molecule has 1 unspecified atom stereocenters. The summed E-state index contributed by atoms with van der Waals surface area (Å²) in [7, 11) is 0. The summed E-state index contributed by atoms with van der Waals surface area (Å²) in [6.45, 7) is 5.46. The lowest BCUT2D eigenvalue weighted by molar-refractivity contribution is -0.145. The predicted octanol–water partition coefficient (Wildman–Crippen LogP) is 3.78. The van der Waals surface area contributed by atoms with Crippen LogP contribution in [0.4, 0.5) is 5.69 Å². The quantitative estimate of drug-likeness (QED) is 0.840. The Labute approximate surface area is 130 Å². The molecule has 1 rings (SSSR count). The van der Waals surface area contributed by atoms with Gasteiger partial charge in [0.15, 0.2) is 0 Å². The van der Waals surface area contributed by atoms with E-state index in [-0.39, 0.29) is 30.2 Å². The third-order valence-electron chi connectivity index (χ3n) is 2.69. The van der Waals surface area contributed by atoms with Crippen LogP contribution >= 0.6 is 24.0 Å². The third kappa shape index (κ3) is 5.02. The molecule has 0 bridgehead atoms. The smallest absolute Gasteiger partial charge is 0.313 e. The fraction of sp³-hybridized carbons (Fsp3) is 0.429. The van der Waals surface area contributed by atoms with Gasteiger partial charge in [0.05, 0.1) is 23.2 Å². The Morgan fingerprint density at radius 1 is 1.35 bits per heavy atom. The molecule has 4 nitrogen and oxygen atoms in total. The zero-order valence-electron chi connectivity index (χ0n) is 11.7. The molecule has 1 aromatic rings. The SMILES string of the molecule is CCOC(=O)C(CC)c1ccc(NC(C)=O)c(Cl)c1.Cl. The second-order valence-electron chi connectivity index (χ2n) is 4.13. The Hall–Kier alpha value is -1.26. The number of rotatable bonds is 5. The van der Waals surface area contributed by atoms with Crippen molar-refractivity contribution in [3.8, 4) is 0 Å². The summed E-state index contributed by atoms with van der Waals surface area (Å²) in [5, 5.41) is 3.04. The maximum atomic E-state index is 11.8. The maximum Gasteiger partial charge on any atom is 0.313 e. The lowest BCUT2D eigenvalue weighted by atomic mass is 9.96. The van der Waals surface area contributed by atoms with Crippen molar-refractivity contribution in [3.05, 3.63) is 28.8 Å². The number of carbonyl (C=O) groups excluding carboxylic acids is 2. The number of nitrogens with one attached hydrogen (secondary N) is 1. The number of hydrogen-bond donors (Lipinski definition) is 1. The van der Waals surface area contributed by atoms with Gasteiger partial charge in [-0.1, -0.05) is 24.6 Å². The van der Waals surface area contributed by atoms with Gasteiger partial charge in [-0.25, -0.2) is 0 Å². The van der Waals surface area contributed by atoms with E-state index in [2.05, 4.69) is 5.32 Å². The minimum atomic E-state index is -0.330. The highest BCUT2D eigenvalue weighted by Crippen LogP contribution is 2.29. The van der Waals surface area contributed by atoms with Crippen molar-refractivity contribution in [3.63, 3.8) is 0 Å². The molecular formula is C14H19Cl2NO3. The summed E-state index contributed by atoms with van der Waals surface area (Å²) in [6.07, 6.45) is 0.634. The number of carbonyl (C=O) groups is 2. The Morgan fingerprint density at radius 3 is 2.45 bits per heavy atom. The van der Waals surface area contributed by atoms with Gasteiger partial charge in [0.1, 0.15) is 0 Å². The first kappa shape index (κ1) is 18.7. The molecule has 0 aliphatic carbocycles. The third-order valence-corrected chi connectivity index (χ3v) is 3.00. The van der Waals surface area contributed by atoms with Crippen LogP contribution in [0.3, 0.4) is 0 Å². The van der Waals surface area contributed by atoms with Gasteiger partial charge < -0.3 is 10.1 Å². The standard InChI is InChI=1S/C14H18ClNO3.ClH/c1-4-11(14(18)19-5-2)10-6-7-13(12(15)8-10)16-9(3)17;/h6-8,11H,4-5H2,1-3H3,(H,16,17);1H. The van der Waals surface area contributed by atoms with Crippen molar-refractivity contribution in [1.29, 1.82) is 0 Å². The van der Waals surface area contributed by atoms with Crippen molar-refractivity contribution in [1.82, 2.24) is 0 Å². The summed E-state index contributed by atoms with van der Waals surface area (Å²) in [4.78, 5) is 22.8. The van der Waals surface area contributed by atoms with E-state index in [9.17, 15) is 9.59 Å². The van der Waals surface area contributed by atoms with Crippen LogP contribution in [-0.4, -0.2) is 18.5 Å². The van der Waals surface area contributed by atoms with E-state index in [1.165, 1.54) is 6.92 Å². The second kappa shape index (κ2) is 8.82. The van der Waals surface area contributed by atoms with Crippen LogP contribution < -0.4 is 5.32 Å². The van der Waals surface area contributed by atoms with Crippen LogP contribution in [0.1, 0.15) is 38.7 Å². The topological polar surface area (TPSA) is 55.4 Å². The predicted molar refractivity (Wildman–Crippen MR) is 82.7 cm³/mol. The van der Waals surface area contributed by atoms with Gasteiger partial charge in [0.25, 0.3) is 0 Å². The molecule has 0 fully saturated rings. The van der Waals surface area contributed by atoms with Crippen molar-refractivity contribution in [2.24, 2.45) is 0 Å². The number of hydrogen-bond acceptors (Lipinski definition) is 3. The first-order valence-corrected chi connectivity index (χ1v) is 6.61. The minimum absolute atomic E-state index is 0. The van der Waals surface area contributed by atoms with E-state index in [1.54, 1.807) is 25.1 Å². The number of amides is 1. The summed E-state index contributed by atoms with van der Waals surface area (Å²) < 4.78 is 5.03. The maximum absolute atomic E-state index is 11.8. The summed E-state index contributed by atoms with van der Waals surface area (Å²) in [6, 6.07) is 5.17. The Balaban J connectivity index is 0.00000361. The molecule has 0 saturated carbocycles. The largest absolute Gasteiger partial charge is 0.466 e. The van der Waals surface area contributed by atoms with Crippen LogP contribution in [0.25, 0.3) is 0 Å². The lowest BCUT2D eigenvalue weighted by Crippen LogP contribution is -2.15. The average Bonchev–Trinajstić information content (AvgIpc) is 2.33. The highest BCUT2D eigenvalue weighted by atomic mass is 35.5. The van der Waals surface area contributed by atoms with Crippen LogP contribution in [0, 0.1) is 0 Å². The number of halogens is 2. The fourth-order valence-electron chi connectivity index (χ4n) is 1.82. The van der Waals surface area contributed by atoms with Crippen molar-refractivity contribution in [2.45, 2.75) is 33.1 Å². The molecule has 0 saturated heterocycles. The van der Waals surface area contributed by atoms with Gasteiger partial charge in [-0.15, -0.1) is 12.4 Å². The normalized spacial score (nSPS) is 11.2. The summed E-state index contributed by atoms with van der Waals surface area (Å²) >= 11 is 6.09. The summed E-state index contributed by atoms with van der Waals surface area (Å²) in [5.74, 6) is -0.774. The molecule has 0 aromatic heterocycles. The number of benzene rings is 1. The second-order valence-corrected chi connectivity index (χ2v) is 4.54. The highest BCUT2D eigenvalue weighted by molar-refractivity contribution is 6.33. The molecule has 20 heavy (non-hydrogen) atoms. The van der Waals surface area contributed by atoms with Crippen molar-refractivity contribution < 1.29 is 14.3 Å². The number of anilines is 1. The molecule has 1 N–H and O–H groups in total. The number of esters is 1. The monoisotopic (exact) mass is 319 g/mol. The first-order valence-electron chi connectivity index (χ1n) is 6.23. The van der Waals surface area contributed by atoms with Crippen LogP contribution in [0.5, 0.6) is 0 Å². The molecule has 0 aliphatic rings. The first-order chi connectivity index (χ1) is 8.99. The van der Waals surface area contributed by atoms with Crippen LogP contribution in [0.15, 0.2) is 18.2 Å². The summed E-state index contributed by atoms with van der Waals surface area (Å²) in [5.41, 5.74) is 1.33. The van der Waals surface area contributed by atoms with Gasteiger partial charge in [0, 0.05) is 6.92 Å². The van der Waals surface area contributed by atoms with E-state index in [1.807, 2.05) is 6.92 Å². The van der Waals surface area contributed by atoms with Gasteiger partial charge in [-0.05, 0) is 31.0 Å². The van der Waals surface area contributed by atoms with Gasteiger partial charge in [-0.3, -0.25) is 9.59 Å². The van der Waals surface area contributed by atoms with E-state index in [0.717, 1.165) is 5.56 Å². The highest BCUT2D eigenvalue weighted by Gasteiger charge is 2.20. The molecule has 0 heterocycles. The van der Waals surface area contributed by atoms with E-state index >= 15 is 0 Å². The van der Waals surface area contributed by atoms with E-state index in [4.69, 9.17) is 16.3 Å². The van der Waals surface area contributed by atoms with Gasteiger partial charge in [-0.2, -0.15) is 0 Å². The lowest BCUT2D eigenvalue weighted by Gasteiger charge is -2.15. The average molecular weight is 320 g/mol. The molecule has 6 heteroatoms. The van der Waals surface area contributed by atoms with Crippen molar-refractivity contribution >= 4 is 41.6 Å². The van der Waals surface area contributed by atoms with Crippen LogP contribution in [-0.2, 0) is 14.3 Å². The molecule has 1 atom stereocenters. The number of ether oxygens (including phenoxy) is 1.